The van der Waals surface area contributed by atoms with Crippen LogP contribution < -0.4 is 14.8 Å². The molecule has 116 valence electrons. The number of hydrogen-bond donors (Lipinski definition) is 2. The molecule has 22 heavy (non-hydrogen) atoms. The number of anilines is 1. The van der Waals surface area contributed by atoms with Crippen molar-refractivity contribution in [3.8, 4) is 11.5 Å². The molecular weight excluding hydrogens is 278 g/mol. The zero-order valence-corrected chi connectivity index (χ0v) is 12.7. The highest BCUT2D eigenvalue weighted by atomic mass is 16.7. The maximum absolute atomic E-state index is 9.36. The van der Waals surface area contributed by atoms with Crippen molar-refractivity contribution < 1.29 is 14.6 Å². The minimum atomic E-state index is 0.0536. The molecule has 2 aromatic carbocycles. The van der Waals surface area contributed by atoms with Gasteiger partial charge in [0.2, 0.25) is 6.79 Å². The summed E-state index contributed by atoms with van der Waals surface area (Å²) in [7, 11) is 0. The van der Waals surface area contributed by atoms with E-state index in [0.717, 1.165) is 35.6 Å². The van der Waals surface area contributed by atoms with Gasteiger partial charge in [-0.1, -0.05) is 24.3 Å². The molecular formula is C18H21NO3. The summed E-state index contributed by atoms with van der Waals surface area (Å²) in [5, 5.41) is 12.8. The van der Waals surface area contributed by atoms with Crippen molar-refractivity contribution in [2.75, 3.05) is 12.1 Å². The lowest BCUT2D eigenvalue weighted by Crippen LogP contribution is -2.17. The standard InChI is InChI=1S/C18H21NO3/c1-13(19-16-5-3-2-4-15(16)11-20)6-7-14-8-9-17-18(10-14)22-12-21-17/h2-5,8-10,13,19-20H,6-7,11-12H2,1H3. The van der Waals surface area contributed by atoms with Crippen LogP contribution >= 0.6 is 0 Å². The molecule has 0 amide bonds. The smallest absolute Gasteiger partial charge is 0.231 e. The van der Waals surface area contributed by atoms with Crippen molar-refractivity contribution in [2.45, 2.75) is 32.4 Å². The van der Waals surface area contributed by atoms with Crippen LogP contribution in [-0.2, 0) is 13.0 Å². The van der Waals surface area contributed by atoms with E-state index in [4.69, 9.17) is 9.47 Å². The molecule has 1 aliphatic rings. The van der Waals surface area contributed by atoms with Crippen LogP contribution in [0.15, 0.2) is 42.5 Å². The number of aliphatic hydroxyl groups is 1. The fraction of sp³-hybridized carbons (Fsp3) is 0.333. The van der Waals surface area contributed by atoms with Gasteiger partial charge in [0.15, 0.2) is 11.5 Å². The van der Waals surface area contributed by atoms with Gasteiger partial charge in [0.05, 0.1) is 6.61 Å². The summed E-state index contributed by atoms with van der Waals surface area (Å²) in [6, 6.07) is 14.3. The predicted octanol–water partition coefficient (Wildman–Crippen LogP) is 3.34. The lowest BCUT2D eigenvalue weighted by molar-refractivity contribution is 0.174. The van der Waals surface area contributed by atoms with Gasteiger partial charge < -0.3 is 19.9 Å². The fourth-order valence-electron chi connectivity index (χ4n) is 2.62. The van der Waals surface area contributed by atoms with Crippen molar-refractivity contribution in [2.24, 2.45) is 0 Å². The van der Waals surface area contributed by atoms with E-state index in [9.17, 15) is 5.11 Å². The third kappa shape index (κ3) is 3.34. The van der Waals surface area contributed by atoms with Crippen LogP contribution in [0.25, 0.3) is 0 Å². The Kier molecular flexibility index (Phi) is 4.49. The Balaban J connectivity index is 1.57. The topological polar surface area (TPSA) is 50.7 Å². The van der Waals surface area contributed by atoms with Crippen molar-refractivity contribution in [1.82, 2.24) is 0 Å². The summed E-state index contributed by atoms with van der Waals surface area (Å²) in [6.45, 7) is 2.52. The molecule has 1 unspecified atom stereocenters. The maximum Gasteiger partial charge on any atom is 0.231 e. The van der Waals surface area contributed by atoms with Crippen LogP contribution in [0.1, 0.15) is 24.5 Å². The molecule has 1 aliphatic heterocycles. The minimum Gasteiger partial charge on any atom is -0.454 e. The van der Waals surface area contributed by atoms with E-state index in [1.807, 2.05) is 30.3 Å². The second-order valence-corrected chi connectivity index (χ2v) is 5.59. The molecule has 4 heteroatoms. The number of nitrogens with one attached hydrogen (secondary N) is 1. The number of fused-ring (bicyclic) bond motifs is 1. The molecule has 0 aliphatic carbocycles. The summed E-state index contributed by atoms with van der Waals surface area (Å²) in [6.07, 6.45) is 1.96. The first kappa shape index (κ1) is 14.7. The third-order valence-corrected chi connectivity index (χ3v) is 3.89. The lowest BCUT2D eigenvalue weighted by Gasteiger charge is -2.17. The average molecular weight is 299 g/mol. The van der Waals surface area contributed by atoms with Gasteiger partial charge in [-0.05, 0) is 43.5 Å². The highest BCUT2D eigenvalue weighted by Crippen LogP contribution is 2.32. The first-order valence-corrected chi connectivity index (χ1v) is 7.60. The molecule has 0 spiro atoms. The first-order valence-electron chi connectivity index (χ1n) is 7.60. The van der Waals surface area contributed by atoms with Gasteiger partial charge in [0.25, 0.3) is 0 Å². The molecule has 0 saturated heterocycles. The van der Waals surface area contributed by atoms with Crippen LogP contribution in [0.4, 0.5) is 5.69 Å². The molecule has 2 N–H and O–H groups in total. The van der Waals surface area contributed by atoms with Crippen molar-refractivity contribution in [3.63, 3.8) is 0 Å². The Morgan fingerprint density at radius 1 is 1.14 bits per heavy atom. The minimum absolute atomic E-state index is 0.0536. The number of ether oxygens (including phenoxy) is 2. The Morgan fingerprint density at radius 2 is 1.95 bits per heavy atom. The lowest BCUT2D eigenvalue weighted by atomic mass is 10.0. The highest BCUT2D eigenvalue weighted by Gasteiger charge is 2.13. The molecule has 3 rings (SSSR count). The summed E-state index contributed by atoms with van der Waals surface area (Å²) < 4.78 is 10.7. The van der Waals surface area contributed by atoms with E-state index in [1.165, 1.54) is 5.56 Å². The first-order chi connectivity index (χ1) is 10.8. The summed E-state index contributed by atoms with van der Waals surface area (Å²) >= 11 is 0. The van der Waals surface area contributed by atoms with Crippen LogP contribution in [0.2, 0.25) is 0 Å². The normalized spacial score (nSPS) is 13.9. The van der Waals surface area contributed by atoms with E-state index in [2.05, 4.69) is 24.4 Å². The number of para-hydroxylation sites is 1. The van der Waals surface area contributed by atoms with E-state index >= 15 is 0 Å². The zero-order chi connectivity index (χ0) is 15.4. The van der Waals surface area contributed by atoms with Crippen LogP contribution in [-0.4, -0.2) is 17.9 Å². The number of rotatable bonds is 6. The second kappa shape index (κ2) is 6.71. The van der Waals surface area contributed by atoms with Crippen molar-refractivity contribution in [3.05, 3.63) is 53.6 Å². The Hall–Kier alpha value is -2.20. The van der Waals surface area contributed by atoms with Crippen LogP contribution in [0.5, 0.6) is 11.5 Å². The van der Waals surface area contributed by atoms with Crippen LogP contribution in [0.3, 0.4) is 0 Å². The van der Waals surface area contributed by atoms with Gasteiger partial charge in [-0.15, -0.1) is 0 Å². The average Bonchev–Trinajstić information content (AvgIpc) is 3.01. The van der Waals surface area contributed by atoms with Gasteiger partial charge in [0.1, 0.15) is 0 Å². The summed E-state index contributed by atoms with van der Waals surface area (Å²) in [4.78, 5) is 0. The molecule has 0 radical (unpaired) electrons. The van der Waals surface area contributed by atoms with Gasteiger partial charge in [-0.2, -0.15) is 0 Å². The van der Waals surface area contributed by atoms with E-state index in [1.54, 1.807) is 0 Å². The van der Waals surface area contributed by atoms with E-state index in [0.29, 0.717) is 12.8 Å². The maximum atomic E-state index is 9.36. The van der Waals surface area contributed by atoms with Gasteiger partial charge in [-0.25, -0.2) is 0 Å². The number of aliphatic hydroxyl groups excluding tert-OH is 1. The van der Waals surface area contributed by atoms with Crippen molar-refractivity contribution in [1.29, 1.82) is 0 Å². The molecule has 4 nitrogen and oxygen atoms in total. The molecule has 1 heterocycles. The summed E-state index contributed by atoms with van der Waals surface area (Å²) in [5.74, 6) is 1.66. The molecule has 0 saturated carbocycles. The van der Waals surface area contributed by atoms with Crippen LogP contribution in [0, 0.1) is 0 Å². The van der Waals surface area contributed by atoms with Gasteiger partial charge >= 0.3 is 0 Å². The highest BCUT2D eigenvalue weighted by molar-refractivity contribution is 5.51. The van der Waals surface area contributed by atoms with Gasteiger partial charge in [0, 0.05) is 17.3 Å². The van der Waals surface area contributed by atoms with Crippen molar-refractivity contribution >= 4 is 5.69 Å². The number of hydrogen-bond acceptors (Lipinski definition) is 4. The van der Waals surface area contributed by atoms with Gasteiger partial charge in [-0.3, -0.25) is 0 Å². The number of benzene rings is 2. The SMILES string of the molecule is CC(CCc1ccc2c(c1)OCO2)Nc1ccccc1CO. The quantitative estimate of drug-likeness (QED) is 0.859. The Bertz CT molecular complexity index is 642. The summed E-state index contributed by atoms with van der Waals surface area (Å²) in [5.41, 5.74) is 3.17. The second-order valence-electron chi connectivity index (χ2n) is 5.59. The molecule has 0 bridgehead atoms. The third-order valence-electron chi connectivity index (χ3n) is 3.89. The molecule has 0 fully saturated rings. The predicted molar refractivity (Wildman–Crippen MR) is 86.3 cm³/mol. The fourth-order valence-corrected chi connectivity index (χ4v) is 2.62. The Morgan fingerprint density at radius 3 is 2.82 bits per heavy atom. The Labute approximate surface area is 130 Å². The zero-order valence-electron chi connectivity index (χ0n) is 12.7. The molecule has 1 atom stereocenters. The molecule has 0 aromatic heterocycles. The van der Waals surface area contributed by atoms with E-state index < -0.39 is 0 Å². The number of aryl methyl sites for hydroxylation is 1. The van der Waals surface area contributed by atoms with E-state index in [-0.39, 0.29) is 6.61 Å². The largest absolute Gasteiger partial charge is 0.454 e. The molecule has 2 aromatic rings. The monoisotopic (exact) mass is 299 g/mol.